The minimum Gasteiger partial charge on any atom is -0.316 e. The Bertz CT molecular complexity index is 229. The van der Waals surface area contributed by atoms with E-state index in [9.17, 15) is 0 Å². The van der Waals surface area contributed by atoms with Crippen LogP contribution in [0.4, 0.5) is 0 Å². The minimum absolute atomic E-state index is 0.548. The topological polar surface area (TPSA) is 24.1 Å². The summed E-state index contributed by atoms with van der Waals surface area (Å²) in [4.78, 5) is 0. The summed E-state index contributed by atoms with van der Waals surface area (Å²) in [6.07, 6.45) is 6.79. The molecule has 1 aliphatic carbocycles. The summed E-state index contributed by atoms with van der Waals surface area (Å²) in [7, 11) is 0. The molecular formula is C14H28N2. The molecule has 2 unspecified atom stereocenters. The van der Waals surface area contributed by atoms with Gasteiger partial charge in [-0.05, 0) is 49.5 Å². The highest BCUT2D eigenvalue weighted by Crippen LogP contribution is 2.37. The van der Waals surface area contributed by atoms with Gasteiger partial charge in [-0.25, -0.2) is 0 Å². The van der Waals surface area contributed by atoms with E-state index in [4.69, 9.17) is 0 Å². The van der Waals surface area contributed by atoms with E-state index in [0.29, 0.717) is 10.8 Å². The molecule has 0 amide bonds. The summed E-state index contributed by atoms with van der Waals surface area (Å²) >= 11 is 0. The highest BCUT2D eigenvalue weighted by molar-refractivity contribution is 4.92. The smallest absolute Gasteiger partial charge is 0.00725 e. The Morgan fingerprint density at radius 1 is 1.31 bits per heavy atom. The van der Waals surface area contributed by atoms with Crippen LogP contribution >= 0.6 is 0 Å². The highest BCUT2D eigenvalue weighted by Gasteiger charge is 2.35. The second kappa shape index (κ2) is 4.66. The van der Waals surface area contributed by atoms with Gasteiger partial charge in [0.25, 0.3) is 0 Å². The van der Waals surface area contributed by atoms with Crippen LogP contribution in [0.1, 0.15) is 52.9 Å². The van der Waals surface area contributed by atoms with E-state index in [2.05, 4.69) is 31.4 Å². The Labute approximate surface area is 101 Å². The van der Waals surface area contributed by atoms with Crippen LogP contribution in [0.3, 0.4) is 0 Å². The van der Waals surface area contributed by atoms with Crippen LogP contribution in [0.15, 0.2) is 0 Å². The monoisotopic (exact) mass is 224 g/mol. The minimum atomic E-state index is 0.548. The third-order valence-electron chi connectivity index (χ3n) is 4.82. The Kier molecular flexibility index (Phi) is 3.60. The van der Waals surface area contributed by atoms with Crippen molar-refractivity contribution >= 4 is 0 Å². The molecule has 2 rings (SSSR count). The van der Waals surface area contributed by atoms with Gasteiger partial charge in [0, 0.05) is 19.1 Å². The summed E-state index contributed by atoms with van der Waals surface area (Å²) in [6.45, 7) is 10.8. The maximum atomic E-state index is 3.83. The molecule has 16 heavy (non-hydrogen) atoms. The Hall–Kier alpha value is -0.0800. The molecule has 1 aliphatic heterocycles. The van der Waals surface area contributed by atoms with Gasteiger partial charge in [0.15, 0.2) is 0 Å². The molecular weight excluding hydrogens is 196 g/mol. The summed E-state index contributed by atoms with van der Waals surface area (Å²) in [5, 5.41) is 7.35. The Morgan fingerprint density at radius 3 is 2.62 bits per heavy atom. The summed E-state index contributed by atoms with van der Waals surface area (Å²) < 4.78 is 0. The lowest BCUT2D eigenvalue weighted by molar-refractivity contribution is 0.270. The molecule has 0 aromatic carbocycles. The molecule has 94 valence electrons. The lowest BCUT2D eigenvalue weighted by Crippen LogP contribution is -2.40. The molecule has 0 bridgehead atoms. The van der Waals surface area contributed by atoms with Crippen LogP contribution in [-0.2, 0) is 0 Å². The predicted octanol–water partition coefficient (Wildman–Crippen LogP) is 2.54. The van der Waals surface area contributed by atoms with E-state index in [1.165, 1.54) is 51.7 Å². The van der Waals surface area contributed by atoms with Gasteiger partial charge in [-0.2, -0.15) is 0 Å². The molecule has 0 radical (unpaired) electrons. The summed E-state index contributed by atoms with van der Waals surface area (Å²) in [6, 6.07) is 0.777. The van der Waals surface area contributed by atoms with Crippen LogP contribution in [0.2, 0.25) is 0 Å². The van der Waals surface area contributed by atoms with Gasteiger partial charge < -0.3 is 10.6 Å². The Balaban J connectivity index is 1.79. The largest absolute Gasteiger partial charge is 0.316 e. The second-order valence-corrected chi connectivity index (χ2v) is 6.77. The van der Waals surface area contributed by atoms with E-state index in [0.717, 1.165) is 6.04 Å². The molecule has 0 spiro atoms. The molecule has 2 nitrogen and oxygen atoms in total. The first kappa shape index (κ1) is 12.4. The van der Waals surface area contributed by atoms with Crippen molar-refractivity contribution in [3.8, 4) is 0 Å². The third kappa shape index (κ3) is 2.78. The zero-order valence-electron chi connectivity index (χ0n) is 11.2. The maximum absolute atomic E-state index is 3.83. The van der Waals surface area contributed by atoms with E-state index >= 15 is 0 Å². The van der Waals surface area contributed by atoms with Crippen LogP contribution in [0, 0.1) is 10.8 Å². The van der Waals surface area contributed by atoms with Crippen LogP contribution in [-0.4, -0.2) is 25.7 Å². The van der Waals surface area contributed by atoms with E-state index in [1.54, 1.807) is 0 Å². The molecule has 2 fully saturated rings. The fraction of sp³-hybridized carbons (Fsp3) is 1.00. The van der Waals surface area contributed by atoms with Gasteiger partial charge in [0.1, 0.15) is 0 Å². The average Bonchev–Trinajstić information content (AvgIpc) is 2.83. The molecule has 1 saturated heterocycles. The number of nitrogens with one attached hydrogen (secondary N) is 2. The second-order valence-electron chi connectivity index (χ2n) is 6.77. The van der Waals surface area contributed by atoms with Crippen molar-refractivity contribution in [2.24, 2.45) is 10.8 Å². The van der Waals surface area contributed by atoms with Crippen molar-refractivity contribution in [3.05, 3.63) is 0 Å². The van der Waals surface area contributed by atoms with Crippen molar-refractivity contribution in [3.63, 3.8) is 0 Å². The molecule has 2 heteroatoms. The van der Waals surface area contributed by atoms with Gasteiger partial charge >= 0.3 is 0 Å². The SMILES string of the molecule is CCC1(CNC2CCC(C)(C)C2)CCNC1. The maximum Gasteiger partial charge on any atom is 0.00725 e. The van der Waals surface area contributed by atoms with Crippen molar-refractivity contribution in [1.82, 2.24) is 10.6 Å². The summed E-state index contributed by atoms with van der Waals surface area (Å²) in [5.41, 5.74) is 1.12. The van der Waals surface area contributed by atoms with Gasteiger partial charge in [0.2, 0.25) is 0 Å². The molecule has 1 heterocycles. The number of hydrogen-bond acceptors (Lipinski definition) is 2. The standard InChI is InChI=1S/C14H28N2/c1-4-14(7-8-15-10-14)11-16-12-5-6-13(2,3)9-12/h12,15-16H,4-11H2,1-3H3. The molecule has 1 saturated carbocycles. The fourth-order valence-electron chi connectivity index (χ4n) is 3.34. The van der Waals surface area contributed by atoms with Crippen molar-refractivity contribution < 1.29 is 0 Å². The normalized spacial score (nSPS) is 38.1. The zero-order chi connectivity index (χ0) is 11.6. The zero-order valence-corrected chi connectivity index (χ0v) is 11.2. The van der Waals surface area contributed by atoms with Gasteiger partial charge in [0.05, 0.1) is 0 Å². The molecule has 2 aliphatic rings. The van der Waals surface area contributed by atoms with Gasteiger partial charge in [-0.1, -0.05) is 20.8 Å². The van der Waals surface area contributed by atoms with Crippen LogP contribution in [0.25, 0.3) is 0 Å². The molecule has 0 aromatic heterocycles. The predicted molar refractivity (Wildman–Crippen MR) is 69.6 cm³/mol. The fourth-order valence-corrected chi connectivity index (χ4v) is 3.34. The molecule has 2 N–H and O–H groups in total. The van der Waals surface area contributed by atoms with E-state index in [-0.39, 0.29) is 0 Å². The molecule has 2 atom stereocenters. The first-order valence-electron chi connectivity index (χ1n) is 6.99. The van der Waals surface area contributed by atoms with Gasteiger partial charge in [-0.3, -0.25) is 0 Å². The number of hydrogen-bond donors (Lipinski definition) is 2. The first-order valence-corrected chi connectivity index (χ1v) is 6.99. The third-order valence-corrected chi connectivity index (χ3v) is 4.82. The first-order chi connectivity index (χ1) is 7.55. The summed E-state index contributed by atoms with van der Waals surface area (Å²) in [5.74, 6) is 0. The molecule has 0 aromatic rings. The van der Waals surface area contributed by atoms with Crippen molar-refractivity contribution in [2.75, 3.05) is 19.6 Å². The highest BCUT2D eigenvalue weighted by atomic mass is 15.0. The lowest BCUT2D eigenvalue weighted by atomic mass is 9.84. The number of rotatable bonds is 4. The lowest BCUT2D eigenvalue weighted by Gasteiger charge is -2.29. The van der Waals surface area contributed by atoms with Crippen LogP contribution < -0.4 is 10.6 Å². The van der Waals surface area contributed by atoms with Crippen molar-refractivity contribution in [1.29, 1.82) is 0 Å². The Morgan fingerprint density at radius 2 is 2.12 bits per heavy atom. The van der Waals surface area contributed by atoms with Gasteiger partial charge in [-0.15, -0.1) is 0 Å². The van der Waals surface area contributed by atoms with E-state index < -0.39 is 0 Å². The average molecular weight is 224 g/mol. The quantitative estimate of drug-likeness (QED) is 0.767. The van der Waals surface area contributed by atoms with Crippen LogP contribution in [0.5, 0.6) is 0 Å². The van der Waals surface area contributed by atoms with Crippen molar-refractivity contribution in [2.45, 2.75) is 58.9 Å². The van der Waals surface area contributed by atoms with E-state index in [1.807, 2.05) is 0 Å².